The van der Waals surface area contributed by atoms with Gasteiger partial charge in [0.15, 0.2) is 0 Å². The van der Waals surface area contributed by atoms with Crippen molar-refractivity contribution in [3.05, 3.63) is 0 Å². The molecule has 0 aliphatic carbocycles. The minimum absolute atomic E-state index is 2.18. The summed E-state index contributed by atoms with van der Waals surface area (Å²) in [5.74, 6) is 0. The second-order valence-electron chi connectivity index (χ2n) is 2.44. The first kappa shape index (κ1) is 17.3. The van der Waals surface area contributed by atoms with Crippen molar-refractivity contribution in [2.75, 3.05) is 0 Å². The molecule has 0 bridgehead atoms. The molecule has 0 saturated carbocycles. The first-order valence-corrected chi connectivity index (χ1v) is 4.44. The van der Waals surface area contributed by atoms with Gasteiger partial charge in [0.2, 0.25) is 0 Å². The van der Waals surface area contributed by atoms with E-state index in [1.165, 1.54) is 0 Å². The Morgan fingerprint density at radius 1 is 0.611 bits per heavy atom. The largest absolute Gasteiger partial charge is 0.710 e. The van der Waals surface area contributed by atoms with E-state index in [9.17, 15) is 48.5 Å². The summed E-state index contributed by atoms with van der Waals surface area (Å²) in [5.41, 5.74) is 0. The molecule has 0 aromatic rings. The summed E-state index contributed by atoms with van der Waals surface area (Å²) in [4.78, 5) is 0. The van der Waals surface area contributed by atoms with Crippen LogP contribution in [0.25, 0.3) is 0 Å². The van der Waals surface area contributed by atoms with Crippen LogP contribution in [0.15, 0.2) is 0 Å². The molecule has 0 aromatic carbocycles. The molecule has 0 fully saturated rings. The van der Waals surface area contributed by atoms with Crippen LogP contribution in [0.3, 0.4) is 0 Å². The molecule has 108 valence electrons. The minimum Gasteiger partial charge on any atom is -0.163 e. The average Bonchev–Trinajstić information content (AvgIpc) is 1.95. The molecular formula is C4F10O3P+. The molecular weight excluding hydrogens is 317 g/mol. The molecule has 0 heterocycles. The van der Waals surface area contributed by atoms with Crippen LogP contribution in [-0.2, 0) is 13.6 Å². The second-order valence-corrected chi connectivity index (χ2v) is 3.25. The third-order valence-corrected chi connectivity index (χ3v) is 1.80. The fourth-order valence-electron chi connectivity index (χ4n) is 0.309. The lowest BCUT2D eigenvalue weighted by molar-refractivity contribution is -0.379. The molecule has 0 amide bonds. The van der Waals surface area contributed by atoms with E-state index in [2.05, 4.69) is 9.05 Å². The summed E-state index contributed by atoms with van der Waals surface area (Å²) in [6, 6.07) is 0. The van der Waals surface area contributed by atoms with Crippen LogP contribution < -0.4 is 0 Å². The summed E-state index contributed by atoms with van der Waals surface area (Å²) in [6.45, 7) is 0. The van der Waals surface area contributed by atoms with Gasteiger partial charge in [0.25, 0.3) is 0 Å². The lowest BCUT2D eigenvalue weighted by atomic mass is 10.6. The average molecular weight is 317 g/mol. The van der Waals surface area contributed by atoms with Gasteiger partial charge in [-0.3, -0.25) is 0 Å². The quantitative estimate of drug-likeness (QED) is 0.581. The Kier molecular flexibility index (Phi) is 4.60. The zero-order valence-electron chi connectivity index (χ0n) is 7.45. The maximum absolute atomic E-state index is 11.9. The summed E-state index contributed by atoms with van der Waals surface area (Å²) in [6.07, 6.45) is -25.3. The molecule has 0 unspecified atom stereocenters. The van der Waals surface area contributed by atoms with Crippen molar-refractivity contribution in [3.8, 4) is 0 Å². The van der Waals surface area contributed by atoms with Crippen LogP contribution in [0.1, 0.15) is 0 Å². The summed E-state index contributed by atoms with van der Waals surface area (Å²) in [5, 5.41) is 0. The Bertz CT molecular complexity index is 288. The predicted molar refractivity (Wildman–Crippen MR) is 31.8 cm³/mol. The molecule has 0 radical (unpaired) electrons. The van der Waals surface area contributed by atoms with Gasteiger partial charge in [-0.1, -0.05) is 0 Å². The van der Waals surface area contributed by atoms with Crippen molar-refractivity contribution >= 4 is 8.25 Å². The first-order valence-electron chi connectivity index (χ1n) is 3.35. The van der Waals surface area contributed by atoms with Gasteiger partial charge in [-0.15, -0.1) is 0 Å². The fourth-order valence-corrected chi connectivity index (χ4v) is 0.928. The third kappa shape index (κ3) is 4.21. The molecule has 0 aromatic heterocycles. The van der Waals surface area contributed by atoms with Gasteiger partial charge in [0.1, 0.15) is 0 Å². The van der Waals surface area contributed by atoms with Crippen molar-refractivity contribution in [3.63, 3.8) is 0 Å². The van der Waals surface area contributed by atoms with E-state index >= 15 is 0 Å². The number of halogens is 10. The first-order chi connectivity index (χ1) is 7.60. The van der Waals surface area contributed by atoms with Gasteiger partial charge in [-0.25, -0.2) is 0 Å². The van der Waals surface area contributed by atoms with Gasteiger partial charge in [-0.2, -0.15) is 43.9 Å². The number of rotatable bonds is 4. The Hall–Kier alpha value is -0.680. The maximum atomic E-state index is 11.9. The van der Waals surface area contributed by atoms with Crippen molar-refractivity contribution in [1.82, 2.24) is 0 Å². The van der Waals surface area contributed by atoms with E-state index in [0.717, 1.165) is 0 Å². The van der Waals surface area contributed by atoms with E-state index in [1.807, 2.05) is 0 Å². The smallest absolute Gasteiger partial charge is 0.163 e. The number of hydrogen-bond donors (Lipinski definition) is 0. The van der Waals surface area contributed by atoms with Gasteiger partial charge in [0, 0.05) is 4.57 Å². The molecule has 0 spiro atoms. The molecule has 0 aliphatic rings. The van der Waals surface area contributed by atoms with Crippen molar-refractivity contribution in [2.24, 2.45) is 0 Å². The highest BCUT2D eigenvalue weighted by molar-refractivity contribution is 7.33. The van der Waals surface area contributed by atoms with Crippen LogP contribution >= 0.6 is 8.25 Å². The Morgan fingerprint density at radius 2 is 0.833 bits per heavy atom. The zero-order valence-corrected chi connectivity index (χ0v) is 8.35. The van der Waals surface area contributed by atoms with Crippen LogP contribution in [0.5, 0.6) is 0 Å². The monoisotopic (exact) mass is 317 g/mol. The highest BCUT2D eigenvalue weighted by Crippen LogP contribution is 2.49. The summed E-state index contributed by atoms with van der Waals surface area (Å²) in [7, 11) is -5.08. The maximum Gasteiger partial charge on any atom is 0.710 e. The highest BCUT2D eigenvalue weighted by Gasteiger charge is 2.70. The Labute approximate surface area is 91.6 Å². The van der Waals surface area contributed by atoms with Crippen LogP contribution in [0, 0.1) is 0 Å². The number of hydrogen-bond acceptors (Lipinski definition) is 3. The lowest BCUT2D eigenvalue weighted by Crippen LogP contribution is -2.40. The second kappa shape index (κ2) is 4.78. The molecule has 0 N–H and O–H groups in total. The van der Waals surface area contributed by atoms with Gasteiger partial charge < -0.3 is 0 Å². The van der Waals surface area contributed by atoms with E-state index in [1.54, 1.807) is 0 Å². The minimum atomic E-state index is -6.46. The summed E-state index contributed by atoms with van der Waals surface area (Å²) >= 11 is 0. The van der Waals surface area contributed by atoms with Crippen LogP contribution in [0.4, 0.5) is 43.9 Å². The van der Waals surface area contributed by atoms with Gasteiger partial charge >= 0.3 is 32.8 Å². The molecule has 0 atom stereocenters. The van der Waals surface area contributed by atoms with Crippen LogP contribution in [-0.4, -0.2) is 24.6 Å². The topological polar surface area (TPSA) is 35.5 Å². The highest BCUT2D eigenvalue weighted by atomic mass is 31.1. The van der Waals surface area contributed by atoms with Crippen molar-refractivity contribution < 1.29 is 57.5 Å². The lowest BCUT2D eigenvalue weighted by Gasteiger charge is -2.14. The van der Waals surface area contributed by atoms with Gasteiger partial charge in [-0.05, 0) is 9.05 Å². The molecule has 18 heavy (non-hydrogen) atoms. The molecule has 0 aliphatic heterocycles. The summed E-state index contributed by atoms with van der Waals surface area (Å²) < 4.78 is 130. The zero-order chi connectivity index (χ0) is 15.0. The van der Waals surface area contributed by atoms with Crippen molar-refractivity contribution in [1.29, 1.82) is 0 Å². The Morgan fingerprint density at radius 3 is 1.00 bits per heavy atom. The standard InChI is InChI=1S/C4F10O3P/c5-1(6,7)3(11,12)16-18(15)17-4(13,14)2(8,9)10/q+1. The number of alkyl halides is 10. The molecule has 14 heteroatoms. The third-order valence-electron chi connectivity index (χ3n) is 1.04. The van der Waals surface area contributed by atoms with Crippen LogP contribution in [0.2, 0.25) is 0 Å². The van der Waals surface area contributed by atoms with E-state index < -0.39 is 32.8 Å². The van der Waals surface area contributed by atoms with E-state index in [-0.39, 0.29) is 0 Å². The van der Waals surface area contributed by atoms with Crippen molar-refractivity contribution in [2.45, 2.75) is 24.6 Å². The SMILES string of the molecule is O=[P+](OC(F)(F)C(F)(F)F)OC(F)(F)C(F)(F)F. The van der Waals surface area contributed by atoms with E-state index in [4.69, 9.17) is 0 Å². The fraction of sp³-hybridized carbons (Fsp3) is 1.00. The van der Waals surface area contributed by atoms with E-state index in [0.29, 0.717) is 0 Å². The normalized spacial score (nSPS) is 14.8. The predicted octanol–water partition coefficient (Wildman–Crippen LogP) is 3.99. The molecule has 0 rings (SSSR count). The Balaban J connectivity index is 4.75. The molecule has 3 nitrogen and oxygen atoms in total. The van der Waals surface area contributed by atoms with Gasteiger partial charge in [0.05, 0.1) is 0 Å². The molecule has 0 saturated heterocycles.